The molecule has 0 saturated carbocycles. The molecular weight excluding hydrogens is 268 g/mol. The van der Waals surface area contributed by atoms with Gasteiger partial charge in [0.15, 0.2) is 11.4 Å². The number of hydrogen-bond donors (Lipinski definition) is 2. The van der Waals surface area contributed by atoms with Gasteiger partial charge in [-0.05, 0) is 25.1 Å². The molecule has 0 saturated heterocycles. The van der Waals surface area contributed by atoms with Crippen LogP contribution in [0.1, 0.15) is 28.0 Å². The Kier molecular flexibility index (Phi) is 3.07. The topological polar surface area (TPSA) is 79.3 Å². The molecule has 5 heteroatoms. The van der Waals surface area contributed by atoms with Crippen LogP contribution >= 0.6 is 0 Å². The number of carbonyl (C=O) groups is 2. The zero-order chi connectivity index (χ0) is 15.0. The number of ketones is 1. The van der Waals surface area contributed by atoms with Gasteiger partial charge in [-0.3, -0.25) is 14.6 Å². The van der Waals surface area contributed by atoms with Crippen LogP contribution in [0.15, 0.2) is 42.6 Å². The number of fused-ring (bicyclic) bond motifs is 1. The van der Waals surface area contributed by atoms with Crippen molar-refractivity contribution in [3.05, 3.63) is 59.4 Å². The molecule has 1 atom stereocenters. The third-order valence-electron chi connectivity index (χ3n) is 3.61. The highest BCUT2D eigenvalue weighted by Crippen LogP contribution is 2.39. The molecule has 106 valence electrons. The summed E-state index contributed by atoms with van der Waals surface area (Å²) in [6.45, 7) is 1.87. The predicted octanol–water partition coefficient (Wildman–Crippen LogP) is 1.80. The van der Waals surface area contributed by atoms with E-state index >= 15 is 0 Å². The first-order valence-electron chi connectivity index (χ1n) is 6.60. The zero-order valence-corrected chi connectivity index (χ0v) is 11.5. The van der Waals surface area contributed by atoms with Crippen molar-refractivity contribution in [2.75, 3.05) is 5.32 Å². The fourth-order valence-corrected chi connectivity index (χ4v) is 2.48. The van der Waals surface area contributed by atoms with Gasteiger partial charge in [-0.2, -0.15) is 0 Å². The summed E-state index contributed by atoms with van der Waals surface area (Å²) in [5.41, 5.74) is 0.295. The lowest BCUT2D eigenvalue weighted by Gasteiger charge is -2.20. The minimum atomic E-state index is -1.84. The first-order chi connectivity index (χ1) is 10.0. The molecule has 0 aliphatic carbocycles. The maximum atomic E-state index is 12.2. The molecule has 2 N–H and O–H groups in total. The van der Waals surface area contributed by atoms with Crippen molar-refractivity contribution in [1.29, 1.82) is 0 Å². The van der Waals surface area contributed by atoms with E-state index in [4.69, 9.17) is 0 Å². The summed E-state index contributed by atoms with van der Waals surface area (Å²) in [6.07, 6.45) is 1.18. The molecule has 5 nitrogen and oxygen atoms in total. The van der Waals surface area contributed by atoms with Gasteiger partial charge >= 0.3 is 0 Å². The number of aromatic nitrogens is 1. The van der Waals surface area contributed by atoms with Crippen LogP contribution in [0.3, 0.4) is 0 Å². The van der Waals surface area contributed by atoms with Crippen LogP contribution in [0.25, 0.3) is 0 Å². The Bertz CT molecular complexity index is 728. The average molecular weight is 282 g/mol. The number of nitrogens with one attached hydrogen (secondary N) is 1. The van der Waals surface area contributed by atoms with Crippen LogP contribution in [0, 0.1) is 6.92 Å². The standard InChI is InChI=1S/C16H14N2O3/c1-10-5-6-12-11(8-10)16(21,15(20)18-12)9-14(19)13-4-2-3-7-17-13/h2-8,21H,9H2,1H3,(H,18,20)/t16-/m1/s1. The Hall–Kier alpha value is -2.53. The maximum Gasteiger partial charge on any atom is 0.261 e. The molecular formula is C16H14N2O3. The molecule has 21 heavy (non-hydrogen) atoms. The molecule has 1 amide bonds. The number of Topliss-reactive ketones (excluding diaryl/α,β-unsaturated/α-hetero) is 1. The van der Waals surface area contributed by atoms with Gasteiger partial charge in [0.1, 0.15) is 5.69 Å². The number of benzene rings is 1. The van der Waals surface area contributed by atoms with E-state index in [0.717, 1.165) is 5.56 Å². The van der Waals surface area contributed by atoms with E-state index in [2.05, 4.69) is 10.3 Å². The van der Waals surface area contributed by atoms with Crippen molar-refractivity contribution < 1.29 is 14.7 Å². The van der Waals surface area contributed by atoms with Crippen molar-refractivity contribution in [1.82, 2.24) is 4.98 Å². The second-order valence-electron chi connectivity index (χ2n) is 5.18. The smallest absolute Gasteiger partial charge is 0.261 e. The Morgan fingerprint density at radius 3 is 2.86 bits per heavy atom. The summed E-state index contributed by atoms with van der Waals surface area (Å²) in [6, 6.07) is 10.2. The average Bonchev–Trinajstić information content (AvgIpc) is 2.72. The van der Waals surface area contributed by atoms with E-state index in [1.165, 1.54) is 6.20 Å². The van der Waals surface area contributed by atoms with Gasteiger partial charge in [0.25, 0.3) is 5.91 Å². The third kappa shape index (κ3) is 2.21. The third-order valence-corrected chi connectivity index (χ3v) is 3.61. The van der Waals surface area contributed by atoms with Gasteiger partial charge < -0.3 is 10.4 Å². The summed E-state index contributed by atoms with van der Waals surface area (Å²) in [5, 5.41) is 13.3. The predicted molar refractivity (Wildman–Crippen MR) is 76.9 cm³/mol. The van der Waals surface area contributed by atoms with Crippen molar-refractivity contribution >= 4 is 17.4 Å². The number of nitrogens with zero attached hydrogens (tertiary/aromatic N) is 1. The largest absolute Gasteiger partial charge is 0.375 e. The van der Waals surface area contributed by atoms with Gasteiger partial charge in [-0.1, -0.05) is 23.8 Å². The molecule has 1 aromatic carbocycles. The van der Waals surface area contributed by atoms with Crippen LogP contribution in [-0.4, -0.2) is 21.8 Å². The first-order valence-corrected chi connectivity index (χ1v) is 6.60. The number of hydrogen-bond acceptors (Lipinski definition) is 4. The lowest BCUT2D eigenvalue weighted by atomic mass is 9.88. The minimum Gasteiger partial charge on any atom is -0.375 e. The number of anilines is 1. The van der Waals surface area contributed by atoms with Gasteiger partial charge in [0.2, 0.25) is 0 Å². The molecule has 0 unspecified atom stereocenters. The Morgan fingerprint density at radius 2 is 2.14 bits per heavy atom. The van der Waals surface area contributed by atoms with E-state index in [0.29, 0.717) is 11.3 Å². The van der Waals surface area contributed by atoms with Crippen LogP contribution in [0.4, 0.5) is 5.69 Å². The highest BCUT2D eigenvalue weighted by molar-refractivity contribution is 6.09. The molecule has 1 aliphatic heterocycles. The van der Waals surface area contributed by atoms with E-state index in [1.54, 1.807) is 30.3 Å². The summed E-state index contributed by atoms with van der Waals surface area (Å²) < 4.78 is 0. The Morgan fingerprint density at radius 1 is 1.33 bits per heavy atom. The zero-order valence-electron chi connectivity index (χ0n) is 11.5. The van der Waals surface area contributed by atoms with Gasteiger partial charge in [-0.25, -0.2) is 0 Å². The van der Waals surface area contributed by atoms with Crippen molar-refractivity contribution in [3.8, 4) is 0 Å². The Labute approximate surface area is 121 Å². The fraction of sp³-hybridized carbons (Fsp3) is 0.188. The van der Waals surface area contributed by atoms with Crippen molar-refractivity contribution in [2.45, 2.75) is 18.9 Å². The Balaban J connectivity index is 1.97. The molecule has 1 aromatic heterocycles. The van der Waals surface area contributed by atoms with E-state index < -0.39 is 11.5 Å². The van der Waals surface area contributed by atoms with Crippen LogP contribution in [-0.2, 0) is 10.4 Å². The van der Waals surface area contributed by atoms with Gasteiger partial charge in [0, 0.05) is 17.4 Å². The summed E-state index contributed by atoms with van der Waals surface area (Å²) in [7, 11) is 0. The molecule has 0 radical (unpaired) electrons. The maximum absolute atomic E-state index is 12.2. The number of aryl methyl sites for hydroxylation is 1. The second kappa shape index (κ2) is 4.79. The van der Waals surface area contributed by atoms with E-state index in [-0.39, 0.29) is 17.9 Å². The molecule has 2 heterocycles. The molecule has 3 rings (SSSR count). The fourth-order valence-electron chi connectivity index (χ4n) is 2.48. The number of rotatable bonds is 3. The van der Waals surface area contributed by atoms with Crippen LogP contribution in [0.2, 0.25) is 0 Å². The highest BCUT2D eigenvalue weighted by atomic mass is 16.3. The first kappa shape index (κ1) is 13.5. The molecule has 2 aromatic rings. The molecule has 0 fully saturated rings. The van der Waals surface area contributed by atoms with Gasteiger partial charge in [-0.15, -0.1) is 0 Å². The van der Waals surface area contributed by atoms with Crippen LogP contribution < -0.4 is 5.32 Å². The second-order valence-corrected chi connectivity index (χ2v) is 5.18. The van der Waals surface area contributed by atoms with Crippen LogP contribution in [0.5, 0.6) is 0 Å². The number of pyridine rings is 1. The SMILES string of the molecule is Cc1ccc2c(c1)[C@](O)(CC(=O)c1ccccn1)C(=O)N2. The normalized spacial score (nSPS) is 20.0. The molecule has 0 bridgehead atoms. The van der Waals surface area contributed by atoms with Crippen molar-refractivity contribution in [2.24, 2.45) is 0 Å². The number of carbonyl (C=O) groups excluding carboxylic acids is 2. The van der Waals surface area contributed by atoms with E-state index in [1.807, 2.05) is 13.0 Å². The summed E-state index contributed by atoms with van der Waals surface area (Å²) in [4.78, 5) is 28.3. The van der Waals surface area contributed by atoms with Crippen molar-refractivity contribution in [3.63, 3.8) is 0 Å². The minimum absolute atomic E-state index is 0.236. The quantitative estimate of drug-likeness (QED) is 0.841. The van der Waals surface area contributed by atoms with Gasteiger partial charge in [0.05, 0.1) is 6.42 Å². The number of amides is 1. The lowest BCUT2D eigenvalue weighted by Crippen LogP contribution is -2.36. The van der Waals surface area contributed by atoms with E-state index in [9.17, 15) is 14.7 Å². The molecule has 0 spiro atoms. The monoisotopic (exact) mass is 282 g/mol. The highest BCUT2D eigenvalue weighted by Gasteiger charge is 2.46. The molecule has 1 aliphatic rings. The summed E-state index contributed by atoms with van der Waals surface area (Å²) in [5.74, 6) is -0.949. The lowest BCUT2D eigenvalue weighted by molar-refractivity contribution is -0.133. The summed E-state index contributed by atoms with van der Waals surface area (Å²) >= 11 is 0. The number of aliphatic hydroxyl groups is 1.